The van der Waals surface area contributed by atoms with Gasteiger partial charge in [0.05, 0.1) is 22.5 Å². The first-order valence-electron chi connectivity index (χ1n) is 11.0. The van der Waals surface area contributed by atoms with Gasteiger partial charge in [0, 0.05) is 27.9 Å². The molecule has 0 unspecified atom stereocenters. The van der Waals surface area contributed by atoms with Gasteiger partial charge in [-0.3, -0.25) is 19.5 Å². The minimum Gasteiger partial charge on any atom is -0.289 e. The monoisotopic (exact) mass is 497 g/mol. The van der Waals surface area contributed by atoms with Crippen LogP contribution in [0.3, 0.4) is 0 Å². The fraction of sp³-hybridized carbons (Fsp3) is 0.0714. The van der Waals surface area contributed by atoms with Crippen molar-refractivity contribution >= 4 is 50.0 Å². The van der Waals surface area contributed by atoms with Crippen LogP contribution in [0.1, 0.15) is 37.5 Å². The van der Waals surface area contributed by atoms with E-state index in [4.69, 9.17) is 16.6 Å². The summed E-state index contributed by atoms with van der Waals surface area (Å²) in [5.41, 5.74) is 4.09. The van der Waals surface area contributed by atoms with Crippen molar-refractivity contribution in [1.82, 2.24) is 9.97 Å². The van der Waals surface area contributed by atoms with E-state index in [9.17, 15) is 9.59 Å². The summed E-state index contributed by atoms with van der Waals surface area (Å²) >= 11 is 7.66. The minimum atomic E-state index is -0.225. The number of benzene rings is 3. The molecule has 1 amide bonds. The van der Waals surface area contributed by atoms with Gasteiger partial charge < -0.3 is 0 Å². The predicted molar refractivity (Wildman–Crippen MR) is 140 cm³/mol. The molecule has 0 bridgehead atoms. The lowest BCUT2D eigenvalue weighted by Gasteiger charge is -2.19. The van der Waals surface area contributed by atoms with E-state index in [1.54, 1.807) is 47.5 Å². The quantitative estimate of drug-likeness (QED) is 0.244. The molecule has 0 saturated heterocycles. The summed E-state index contributed by atoms with van der Waals surface area (Å²) in [6, 6.07) is 25.1. The lowest BCUT2D eigenvalue weighted by atomic mass is 10.0. The van der Waals surface area contributed by atoms with Gasteiger partial charge in [-0.05, 0) is 48.9 Å². The molecule has 0 aliphatic rings. The second-order valence-electron chi connectivity index (χ2n) is 8.05. The average molecular weight is 498 g/mol. The maximum atomic E-state index is 13.7. The summed E-state index contributed by atoms with van der Waals surface area (Å²) in [6.45, 7) is 2.21. The van der Waals surface area contributed by atoms with E-state index in [-0.39, 0.29) is 18.2 Å². The van der Waals surface area contributed by atoms with E-state index in [1.165, 1.54) is 11.3 Å². The molecular formula is C28H20ClN3O2S. The number of rotatable bonds is 6. The Labute approximate surface area is 211 Å². The van der Waals surface area contributed by atoms with Gasteiger partial charge in [0.2, 0.25) is 0 Å². The summed E-state index contributed by atoms with van der Waals surface area (Å²) in [6.07, 6.45) is 1.70. The molecule has 2 heterocycles. The van der Waals surface area contributed by atoms with Crippen LogP contribution in [0, 0.1) is 6.92 Å². The zero-order valence-corrected chi connectivity index (χ0v) is 20.4. The van der Waals surface area contributed by atoms with Gasteiger partial charge in [0.25, 0.3) is 5.91 Å². The number of carbonyl (C=O) groups excluding carboxylic acids is 2. The van der Waals surface area contributed by atoms with Gasteiger partial charge in [-0.15, -0.1) is 0 Å². The Bertz CT molecular complexity index is 1520. The van der Waals surface area contributed by atoms with Crippen LogP contribution in [-0.2, 0) is 6.54 Å². The first-order valence-corrected chi connectivity index (χ1v) is 12.2. The maximum Gasteiger partial charge on any atom is 0.260 e. The Kier molecular flexibility index (Phi) is 6.40. The molecule has 2 aromatic heterocycles. The first-order chi connectivity index (χ1) is 17.0. The summed E-state index contributed by atoms with van der Waals surface area (Å²) in [5, 5.41) is 1.19. The molecule has 3 aromatic carbocycles. The Balaban J connectivity index is 1.50. The van der Waals surface area contributed by atoms with Gasteiger partial charge in [-0.1, -0.05) is 71.5 Å². The second kappa shape index (κ2) is 9.78. The van der Waals surface area contributed by atoms with Gasteiger partial charge in [-0.2, -0.15) is 0 Å². The number of amides is 1. The normalized spacial score (nSPS) is 10.9. The van der Waals surface area contributed by atoms with E-state index in [1.807, 2.05) is 55.5 Å². The number of hydrogen-bond donors (Lipinski definition) is 0. The molecule has 7 heteroatoms. The highest BCUT2D eigenvalue weighted by Crippen LogP contribution is 2.34. The Hall–Kier alpha value is -3.87. The van der Waals surface area contributed by atoms with Gasteiger partial charge in [0.15, 0.2) is 10.9 Å². The molecule has 0 atom stereocenters. The van der Waals surface area contributed by atoms with Crippen molar-refractivity contribution in [1.29, 1.82) is 0 Å². The molecule has 35 heavy (non-hydrogen) atoms. The fourth-order valence-corrected chi connectivity index (χ4v) is 5.23. The number of fused-ring (bicyclic) bond motifs is 1. The summed E-state index contributed by atoms with van der Waals surface area (Å²) in [5.74, 6) is -0.314. The molecule has 0 aliphatic carbocycles. The average Bonchev–Trinajstić information content (AvgIpc) is 3.32. The van der Waals surface area contributed by atoms with Crippen LogP contribution >= 0.6 is 22.9 Å². The van der Waals surface area contributed by atoms with Crippen molar-refractivity contribution in [3.05, 3.63) is 124 Å². The van der Waals surface area contributed by atoms with Crippen molar-refractivity contribution in [3.63, 3.8) is 0 Å². The third kappa shape index (κ3) is 4.85. The fourth-order valence-electron chi connectivity index (χ4n) is 3.81. The Morgan fingerprint density at radius 1 is 0.886 bits per heavy atom. The van der Waals surface area contributed by atoms with E-state index >= 15 is 0 Å². The molecule has 5 aromatic rings. The zero-order valence-electron chi connectivity index (χ0n) is 18.8. The molecule has 5 rings (SSSR count). The van der Waals surface area contributed by atoms with Gasteiger partial charge in [0.1, 0.15) is 0 Å². The van der Waals surface area contributed by atoms with Crippen molar-refractivity contribution in [3.8, 4) is 0 Å². The van der Waals surface area contributed by atoms with Gasteiger partial charge in [-0.25, -0.2) is 4.98 Å². The molecule has 172 valence electrons. The number of aromatic nitrogens is 2. The number of aryl methyl sites for hydroxylation is 1. The molecule has 0 N–H and O–H groups in total. The zero-order chi connectivity index (χ0) is 24.4. The molecular weight excluding hydrogens is 478 g/mol. The number of thiazole rings is 1. The van der Waals surface area contributed by atoms with E-state index in [0.717, 1.165) is 21.5 Å². The van der Waals surface area contributed by atoms with Crippen LogP contribution in [0.2, 0.25) is 5.02 Å². The van der Waals surface area contributed by atoms with Crippen LogP contribution in [0.5, 0.6) is 0 Å². The van der Waals surface area contributed by atoms with Crippen LogP contribution in [0.25, 0.3) is 10.2 Å². The van der Waals surface area contributed by atoms with Crippen molar-refractivity contribution in [2.45, 2.75) is 13.5 Å². The second-order valence-corrected chi connectivity index (χ2v) is 9.50. The summed E-state index contributed by atoms with van der Waals surface area (Å²) in [4.78, 5) is 37.2. The number of nitrogens with zero attached hydrogens (tertiary/aromatic N) is 3. The third-order valence-corrected chi connectivity index (χ3v) is 6.83. The van der Waals surface area contributed by atoms with Crippen molar-refractivity contribution in [2.75, 3.05) is 4.90 Å². The highest BCUT2D eigenvalue weighted by atomic mass is 35.5. The number of ketones is 1. The van der Waals surface area contributed by atoms with Crippen LogP contribution in [-0.4, -0.2) is 21.7 Å². The number of anilines is 1. The lowest BCUT2D eigenvalue weighted by Crippen LogP contribution is -2.30. The molecule has 0 fully saturated rings. The largest absolute Gasteiger partial charge is 0.289 e. The highest BCUT2D eigenvalue weighted by Gasteiger charge is 2.23. The molecule has 5 nitrogen and oxygen atoms in total. The summed E-state index contributed by atoms with van der Waals surface area (Å²) < 4.78 is 0.910. The number of carbonyl (C=O) groups is 2. The molecule has 0 spiro atoms. The van der Waals surface area contributed by atoms with E-state index in [2.05, 4.69) is 4.98 Å². The van der Waals surface area contributed by atoms with Crippen LogP contribution < -0.4 is 4.90 Å². The van der Waals surface area contributed by atoms with Crippen LogP contribution in [0.15, 0.2) is 91.1 Å². The SMILES string of the molecule is Cc1cc(Cl)cc2sc(N(Cc3ccccn3)C(=O)c3ccc(C(=O)c4ccccc4)cc3)nc12. The smallest absolute Gasteiger partial charge is 0.260 e. The topological polar surface area (TPSA) is 63.2 Å². The van der Waals surface area contributed by atoms with Crippen LogP contribution in [0.4, 0.5) is 5.13 Å². The molecule has 0 radical (unpaired) electrons. The third-order valence-electron chi connectivity index (χ3n) is 5.59. The minimum absolute atomic E-state index is 0.0894. The standard InChI is InChI=1S/C28H20ClN3O2S/c1-18-15-22(29)16-24-25(18)31-28(35-24)32(17-23-9-5-6-14-30-23)27(34)21-12-10-20(11-13-21)26(33)19-7-3-2-4-8-19/h2-16H,17H2,1H3. The summed E-state index contributed by atoms with van der Waals surface area (Å²) in [7, 11) is 0. The Morgan fingerprint density at radius 2 is 1.57 bits per heavy atom. The molecule has 0 saturated carbocycles. The van der Waals surface area contributed by atoms with Crippen molar-refractivity contribution < 1.29 is 9.59 Å². The predicted octanol–water partition coefficient (Wildman–Crippen LogP) is 6.73. The number of halogens is 1. The number of hydrogen-bond acceptors (Lipinski definition) is 5. The Morgan fingerprint density at radius 3 is 2.29 bits per heavy atom. The van der Waals surface area contributed by atoms with E-state index < -0.39 is 0 Å². The molecule has 0 aliphatic heterocycles. The highest BCUT2D eigenvalue weighted by molar-refractivity contribution is 7.22. The maximum absolute atomic E-state index is 13.7. The number of pyridine rings is 1. The van der Waals surface area contributed by atoms with Crippen molar-refractivity contribution in [2.24, 2.45) is 0 Å². The van der Waals surface area contributed by atoms with Gasteiger partial charge >= 0.3 is 0 Å². The van der Waals surface area contributed by atoms with E-state index in [0.29, 0.717) is 26.8 Å². The first kappa shape index (κ1) is 22.9. The lowest BCUT2D eigenvalue weighted by molar-refractivity contribution is 0.0982.